The van der Waals surface area contributed by atoms with Gasteiger partial charge in [0.15, 0.2) is 5.92 Å². The fourth-order valence-corrected chi connectivity index (χ4v) is 0.896. The second kappa shape index (κ2) is 5.35. The highest BCUT2D eigenvalue weighted by Gasteiger charge is 2.28. The quantitative estimate of drug-likeness (QED) is 0.372. The molecule has 0 atom stereocenters. The van der Waals surface area contributed by atoms with E-state index in [-0.39, 0.29) is 6.42 Å². The molecule has 0 fully saturated rings. The van der Waals surface area contributed by atoms with Crippen LogP contribution in [-0.4, -0.2) is 26.2 Å². The van der Waals surface area contributed by atoms with Crippen LogP contribution < -0.4 is 0 Å². The van der Waals surface area contributed by atoms with Crippen LogP contribution in [0, 0.1) is 5.92 Å². The van der Waals surface area contributed by atoms with E-state index in [1.54, 1.807) is 6.92 Å². The van der Waals surface area contributed by atoms with Gasteiger partial charge in [-0.1, -0.05) is 5.57 Å². The van der Waals surface area contributed by atoms with Crippen molar-refractivity contribution in [2.45, 2.75) is 13.3 Å². The third kappa shape index (κ3) is 3.73. The number of allylic oxidation sites excluding steroid dienone is 1. The monoisotopic (exact) mass is 186 g/mol. The molecule has 0 radical (unpaired) electrons. The first-order chi connectivity index (χ1) is 6.02. The maximum absolute atomic E-state index is 11.1. The molecule has 0 rings (SSSR count). The van der Waals surface area contributed by atoms with Crippen molar-refractivity contribution in [3.8, 4) is 0 Å². The second-order valence-corrected chi connectivity index (χ2v) is 2.76. The van der Waals surface area contributed by atoms with Gasteiger partial charge in [0.25, 0.3) is 0 Å². The number of rotatable bonds is 4. The molecule has 0 saturated carbocycles. The van der Waals surface area contributed by atoms with Crippen molar-refractivity contribution in [3.05, 3.63) is 12.2 Å². The van der Waals surface area contributed by atoms with Crippen LogP contribution in [0.15, 0.2) is 12.2 Å². The zero-order valence-electron chi connectivity index (χ0n) is 8.12. The van der Waals surface area contributed by atoms with Gasteiger partial charge in [-0.2, -0.15) is 0 Å². The molecule has 0 N–H and O–H groups in total. The SMILES string of the molecule is C=C(C)CC(C(=O)OC)C(=O)OC. The molecule has 0 bridgehead atoms. The lowest BCUT2D eigenvalue weighted by Gasteiger charge is -2.11. The Balaban J connectivity index is 4.45. The molecule has 0 amide bonds. The summed E-state index contributed by atoms with van der Waals surface area (Å²) in [5.41, 5.74) is 0.737. The van der Waals surface area contributed by atoms with Gasteiger partial charge in [0.1, 0.15) is 0 Å². The molecular formula is C9H14O4. The molecule has 74 valence electrons. The minimum atomic E-state index is -0.882. The molecule has 0 saturated heterocycles. The fourth-order valence-electron chi connectivity index (χ4n) is 0.896. The van der Waals surface area contributed by atoms with E-state index in [0.717, 1.165) is 5.57 Å². The maximum Gasteiger partial charge on any atom is 0.320 e. The van der Waals surface area contributed by atoms with Crippen molar-refractivity contribution in [3.63, 3.8) is 0 Å². The Bertz CT molecular complexity index is 204. The molecule has 13 heavy (non-hydrogen) atoms. The predicted molar refractivity (Wildman–Crippen MR) is 47.0 cm³/mol. The van der Waals surface area contributed by atoms with Crippen molar-refractivity contribution >= 4 is 11.9 Å². The van der Waals surface area contributed by atoms with Crippen LogP contribution in [-0.2, 0) is 19.1 Å². The van der Waals surface area contributed by atoms with Gasteiger partial charge in [-0.15, -0.1) is 6.58 Å². The summed E-state index contributed by atoms with van der Waals surface area (Å²) in [6.45, 7) is 5.35. The van der Waals surface area contributed by atoms with Crippen LogP contribution in [0.5, 0.6) is 0 Å². The average molecular weight is 186 g/mol. The van der Waals surface area contributed by atoms with Crippen LogP contribution in [0.1, 0.15) is 13.3 Å². The molecule has 0 spiro atoms. The zero-order valence-corrected chi connectivity index (χ0v) is 8.12. The van der Waals surface area contributed by atoms with Gasteiger partial charge in [-0.25, -0.2) is 0 Å². The van der Waals surface area contributed by atoms with Gasteiger partial charge in [0, 0.05) is 0 Å². The molecule has 4 nitrogen and oxygen atoms in total. The lowest BCUT2D eigenvalue weighted by atomic mass is 10.0. The van der Waals surface area contributed by atoms with E-state index in [9.17, 15) is 9.59 Å². The Hall–Kier alpha value is -1.32. The fraction of sp³-hybridized carbons (Fsp3) is 0.556. The van der Waals surface area contributed by atoms with Crippen molar-refractivity contribution in [2.24, 2.45) is 5.92 Å². The first-order valence-electron chi connectivity index (χ1n) is 3.83. The van der Waals surface area contributed by atoms with Gasteiger partial charge in [0.2, 0.25) is 0 Å². The number of methoxy groups -OCH3 is 2. The maximum atomic E-state index is 11.1. The molecule has 0 aliphatic rings. The van der Waals surface area contributed by atoms with Gasteiger partial charge in [0.05, 0.1) is 14.2 Å². The molecule has 0 aromatic carbocycles. The summed E-state index contributed by atoms with van der Waals surface area (Å²) in [4.78, 5) is 22.2. The first kappa shape index (κ1) is 11.7. The number of ether oxygens (including phenoxy) is 2. The third-order valence-electron chi connectivity index (χ3n) is 1.52. The number of hydrogen-bond acceptors (Lipinski definition) is 4. The molecule has 0 aromatic rings. The van der Waals surface area contributed by atoms with E-state index in [0.29, 0.717) is 0 Å². The Morgan fingerprint density at radius 2 is 1.62 bits per heavy atom. The van der Waals surface area contributed by atoms with Gasteiger partial charge < -0.3 is 9.47 Å². The average Bonchev–Trinajstić information content (AvgIpc) is 2.11. The normalized spacial score (nSPS) is 9.54. The summed E-state index contributed by atoms with van der Waals surface area (Å²) in [5.74, 6) is -2.06. The van der Waals surface area contributed by atoms with E-state index in [1.807, 2.05) is 0 Å². The van der Waals surface area contributed by atoms with Crippen molar-refractivity contribution < 1.29 is 19.1 Å². The van der Waals surface area contributed by atoms with Crippen LogP contribution in [0.2, 0.25) is 0 Å². The number of hydrogen-bond donors (Lipinski definition) is 0. The molecule has 4 heteroatoms. The van der Waals surface area contributed by atoms with E-state index < -0.39 is 17.9 Å². The minimum absolute atomic E-state index is 0.263. The summed E-state index contributed by atoms with van der Waals surface area (Å²) >= 11 is 0. The smallest absolute Gasteiger partial charge is 0.320 e. The number of carbonyl (C=O) groups excluding carboxylic acids is 2. The summed E-state index contributed by atoms with van der Waals surface area (Å²) in [5, 5.41) is 0. The highest BCUT2D eigenvalue weighted by Crippen LogP contribution is 2.13. The van der Waals surface area contributed by atoms with Crippen LogP contribution in [0.3, 0.4) is 0 Å². The lowest BCUT2D eigenvalue weighted by Crippen LogP contribution is -2.26. The van der Waals surface area contributed by atoms with Crippen molar-refractivity contribution in [1.29, 1.82) is 0 Å². The Morgan fingerprint density at radius 3 is 1.85 bits per heavy atom. The van der Waals surface area contributed by atoms with Gasteiger partial charge in [-0.05, 0) is 13.3 Å². The van der Waals surface area contributed by atoms with E-state index in [4.69, 9.17) is 0 Å². The Kier molecular flexibility index (Phi) is 4.80. The largest absolute Gasteiger partial charge is 0.468 e. The summed E-state index contributed by atoms with van der Waals surface area (Å²) in [6.07, 6.45) is 0.263. The van der Waals surface area contributed by atoms with Crippen LogP contribution >= 0.6 is 0 Å². The van der Waals surface area contributed by atoms with E-state index in [1.165, 1.54) is 14.2 Å². The molecule has 0 unspecified atom stereocenters. The minimum Gasteiger partial charge on any atom is -0.468 e. The molecule has 0 aliphatic carbocycles. The van der Waals surface area contributed by atoms with Crippen LogP contribution in [0.4, 0.5) is 0 Å². The number of esters is 2. The first-order valence-corrected chi connectivity index (χ1v) is 3.83. The van der Waals surface area contributed by atoms with Crippen LogP contribution in [0.25, 0.3) is 0 Å². The highest BCUT2D eigenvalue weighted by atomic mass is 16.5. The third-order valence-corrected chi connectivity index (χ3v) is 1.52. The molecule has 0 heterocycles. The molecule has 0 aliphatic heterocycles. The lowest BCUT2D eigenvalue weighted by molar-refractivity contribution is -0.158. The highest BCUT2D eigenvalue weighted by molar-refractivity contribution is 5.95. The summed E-state index contributed by atoms with van der Waals surface area (Å²) in [6, 6.07) is 0. The molecular weight excluding hydrogens is 172 g/mol. The zero-order chi connectivity index (χ0) is 10.4. The van der Waals surface area contributed by atoms with E-state index in [2.05, 4.69) is 16.1 Å². The predicted octanol–water partition coefficient (Wildman–Crippen LogP) is 0.915. The Labute approximate surface area is 77.5 Å². The second-order valence-electron chi connectivity index (χ2n) is 2.76. The van der Waals surface area contributed by atoms with E-state index >= 15 is 0 Å². The number of carbonyl (C=O) groups is 2. The standard InChI is InChI=1S/C9H14O4/c1-6(2)5-7(8(10)12-3)9(11)13-4/h7H,1,5H2,2-4H3. The topological polar surface area (TPSA) is 52.6 Å². The van der Waals surface area contributed by atoms with Crippen molar-refractivity contribution in [1.82, 2.24) is 0 Å². The summed E-state index contributed by atoms with van der Waals surface area (Å²) in [7, 11) is 2.47. The van der Waals surface area contributed by atoms with Gasteiger partial charge >= 0.3 is 11.9 Å². The molecule has 0 aromatic heterocycles. The summed E-state index contributed by atoms with van der Waals surface area (Å²) < 4.78 is 8.91. The van der Waals surface area contributed by atoms with Crippen molar-refractivity contribution in [2.75, 3.05) is 14.2 Å². The Morgan fingerprint density at radius 1 is 1.23 bits per heavy atom. The van der Waals surface area contributed by atoms with Gasteiger partial charge in [-0.3, -0.25) is 9.59 Å².